The molecular weight excluding hydrogens is 620 g/mol. The quantitative estimate of drug-likeness (QED) is 0.182. The van der Waals surface area contributed by atoms with E-state index >= 15 is 0 Å². The second-order valence-corrected chi connectivity index (χ2v) is 17.7. The summed E-state index contributed by atoms with van der Waals surface area (Å²) in [5, 5.41) is 0. The second kappa shape index (κ2) is 15.8. The third kappa shape index (κ3) is 10.4. The molecule has 4 nitrogen and oxygen atoms in total. The van der Waals surface area contributed by atoms with Gasteiger partial charge in [-0.25, -0.2) is 8.78 Å². The molecule has 0 aromatic heterocycles. The highest BCUT2D eigenvalue weighted by Crippen LogP contribution is 2.66. The molecule has 0 amide bonds. The van der Waals surface area contributed by atoms with Crippen molar-refractivity contribution < 1.29 is 36.6 Å². The third-order valence-corrected chi connectivity index (χ3v) is 12.0. The van der Waals surface area contributed by atoms with Gasteiger partial charge < -0.3 is 9.47 Å². The van der Waals surface area contributed by atoms with Crippen LogP contribution in [-0.4, -0.2) is 37.0 Å². The van der Waals surface area contributed by atoms with E-state index in [2.05, 4.69) is 91.3 Å². The van der Waals surface area contributed by atoms with Crippen LogP contribution in [0.25, 0.3) is 0 Å². The maximum Gasteiger partial charge on any atom is 0.340 e. The zero-order valence-electron chi connectivity index (χ0n) is 32.6. The molecule has 48 heavy (non-hydrogen) atoms. The van der Waals surface area contributed by atoms with Gasteiger partial charge in [0.15, 0.2) is 6.61 Å². The van der Waals surface area contributed by atoms with Gasteiger partial charge in [0.25, 0.3) is 0 Å². The number of fused-ring (bicyclic) bond motifs is 2. The highest BCUT2D eigenvalue weighted by molar-refractivity contribution is 5.76. The summed E-state index contributed by atoms with van der Waals surface area (Å²) in [6.07, 6.45) is 2.27. The summed E-state index contributed by atoms with van der Waals surface area (Å²) in [6, 6.07) is 9.10. The number of carbonyl (C=O) groups is 2. The van der Waals surface area contributed by atoms with Gasteiger partial charge >= 0.3 is 24.3 Å². The first-order chi connectivity index (χ1) is 21.6. The van der Waals surface area contributed by atoms with Crippen molar-refractivity contribution in [3.8, 4) is 0 Å². The van der Waals surface area contributed by atoms with Crippen LogP contribution in [-0.2, 0) is 29.9 Å². The number of rotatable bonds is 10. The van der Waals surface area contributed by atoms with Crippen LogP contribution in [0.15, 0.2) is 24.3 Å². The lowest BCUT2D eigenvalue weighted by Crippen LogP contribution is -2.40. The molecule has 2 bridgehead atoms. The first-order valence-corrected chi connectivity index (χ1v) is 17.7. The summed E-state index contributed by atoms with van der Waals surface area (Å²) < 4.78 is 58.2. The van der Waals surface area contributed by atoms with Crippen molar-refractivity contribution in [3.63, 3.8) is 0 Å². The molecule has 8 heteroatoms. The summed E-state index contributed by atoms with van der Waals surface area (Å²) in [5.41, 5.74) is 2.63. The molecule has 3 atom stereocenters. The molecule has 3 unspecified atom stereocenters. The Morgan fingerprint density at radius 1 is 0.792 bits per heavy atom. The van der Waals surface area contributed by atoms with Gasteiger partial charge in [0.2, 0.25) is 0 Å². The summed E-state index contributed by atoms with van der Waals surface area (Å²) in [6.45, 7) is 29.7. The topological polar surface area (TPSA) is 52.6 Å². The van der Waals surface area contributed by atoms with Gasteiger partial charge in [-0.05, 0) is 99.5 Å². The predicted octanol–water partition coefficient (Wildman–Crippen LogP) is 11.7. The number of alkyl halides is 4. The number of hydrogen-bond donors (Lipinski definition) is 0. The van der Waals surface area contributed by atoms with Crippen LogP contribution < -0.4 is 0 Å². The van der Waals surface area contributed by atoms with E-state index in [-0.39, 0.29) is 28.3 Å². The minimum Gasteiger partial charge on any atom is -0.461 e. The molecule has 2 aliphatic carbocycles. The van der Waals surface area contributed by atoms with E-state index in [1.165, 1.54) is 44.2 Å². The minimum absolute atomic E-state index is 0.0143. The van der Waals surface area contributed by atoms with Gasteiger partial charge in [0, 0.05) is 5.41 Å². The molecule has 0 radical (unpaired) electrons. The lowest BCUT2D eigenvalue weighted by atomic mass is 9.70. The summed E-state index contributed by atoms with van der Waals surface area (Å²) in [7, 11) is 0. The van der Waals surface area contributed by atoms with Crippen LogP contribution >= 0.6 is 0 Å². The lowest BCUT2D eigenvalue weighted by molar-refractivity contribution is -0.186. The number of carbonyl (C=O) groups excluding carboxylic acids is 2. The van der Waals surface area contributed by atoms with Crippen LogP contribution in [0, 0.1) is 27.6 Å². The minimum atomic E-state index is -4.28. The average Bonchev–Trinajstić information content (AvgIpc) is 3.33. The Morgan fingerprint density at radius 3 is 1.60 bits per heavy atom. The summed E-state index contributed by atoms with van der Waals surface area (Å²) in [5.74, 6) is -4.46. The van der Waals surface area contributed by atoms with Gasteiger partial charge in [-0.15, -0.1) is 0 Å². The van der Waals surface area contributed by atoms with Crippen LogP contribution in [0.5, 0.6) is 0 Å². The molecule has 278 valence electrons. The fourth-order valence-electron chi connectivity index (χ4n) is 5.93. The summed E-state index contributed by atoms with van der Waals surface area (Å²) >= 11 is 0. The number of hydrogen-bond acceptors (Lipinski definition) is 4. The first-order valence-electron chi connectivity index (χ1n) is 17.7. The molecule has 0 heterocycles. The Kier molecular flexibility index (Phi) is 14.5. The molecule has 0 saturated heterocycles. The molecule has 2 aliphatic rings. The predicted molar refractivity (Wildman–Crippen MR) is 188 cm³/mol. The van der Waals surface area contributed by atoms with Gasteiger partial charge in [0.05, 0.1) is 10.8 Å². The maximum absolute atomic E-state index is 12.4. The van der Waals surface area contributed by atoms with Crippen LogP contribution in [0.4, 0.5) is 17.6 Å². The van der Waals surface area contributed by atoms with E-state index in [1.54, 1.807) is 6.92 Å². The highest BCUT2D eigenvalue weighted by atomic mass is 19.3. The standard InChI is InChI=1S/C16H28O2.C15H24.C9H14F4O2/c1-7-14(2,3)13(17)18-12-10-11-8-9-16(12,6)15(11,4)5;1-7-15(5,6)13-10-8-12(9-11-13)14(2,3)4;1-4-8(2,3)7(14)15-5-9(12,13)6(10)11/h11-12H,7-10H2,1-6H3;8-11H,7H2,1-6H3;6H,4-5H2,1-3H3. The molecule has 0 spiro atoms. The Labute approximate surface area is 289 Å². The third-order valence-electron chi connectivity index (χ3n) is 12.0. The molecule has 1 aromatic carbocycles. The van der Waals surface area contributed by atoms with Crippen molar-refractivity contribution in [1.82, 2.24) is 0 Å². The Morgan fingerprint density at radius 2 is 1.25 bits per heavy atom. The van der Waals surface area contributed by atoms with Crippen molar-refractivity contribution in [2.75, 3.05) is 6.61 Å². The van der Waals surface area contributed by atoms with E-state index in [0.29, 0.717) is 17.3 Å². The molecule has 3 rings (SSSR count). The monoisotopic (exact) mass is 686 g/mol. The van der Waals surface area contributed by atoms with Crippen molar-refractivity contribution in [2.45, 2.75) is 172 Å². The number of halogens is 4. The Bertz CT molecular complexity index is 1190. The number of ether oxygens (including phenoxy) is 2. The van der Waals surface area contributed by atoms with Crippen molar-refractivity contribution in [1.29, 1.82) is 0 Å². The number of benzene rings is 1. The lowest BCUT2D eigenvalue weighted by Gasteiger charge is -2.39. The van der Waals surface area contributed by atoms with Crippen molar-refractivity contribution in [3.05, 3.63) is 35.4 Å². The average molecular weight is 687 g/mol. The van der Waals surface area contributed by atoms with Gasteiger partial charge in [-0.2, -0.15) is 8.78 Å². The molecule has 2 saturated carbocycles. The van der Waals surface area contributed by atoms with Crippen molar-refractivity contribution in [2.24, 2.45) is 27.6 Å². The summed E-state index contributed by atoms with van der Waals surface area (Å²) in [4.78, 5) is 23.4. The maximum atomic E-state index is 12.4. The van der Waals surface area contributed by atoms with Crippen LogP contribution in [0.1, 0.15) is 154 Å². The smallest absolute Gasteiger partial charge is 0.340 e. The van der Waals surface area contributed by atoms with E-state index in [0.717, 1.165) is 18.8 Å². The fourth-order valence-corrected chi connectivity index (χ4v) is 5.93. The van der Waals surface area contributed by atoms with E-state index in [1.807, 2.05) is 20.8 Å². The largest absolute Gasteiger partial charge is 0.461 e. The van der Waals surface area contributed by atoms with Gasteiger partial charge in [0.1, 0.15) is 6.10 Å². The normalized spacial score (nSPS) is 22.3. The van der Waals surface area contributed by atoms with Crippen LogP contribution in [0.3, 0.4) is 0 Å². The molecule has 0 aliphatic heterocycles. The first kappa shape index (κ1) is 43.9. The van der Waals surface area contributed by atoms with Crippen molar-refractivity contribution >= 4 is 11.9 Å². The number of esters is 2. The molecule has 0 N–H and O–H groups in total. The van der Waals surface area contributed by atoms with Gasteiger partial charge in [-0.1, -0.05) is 100 Å². The highest BCUT2D eigenvalue weighted by Gasteiger charge is 2.63. The zero-order valence-corrected chi connectivity index (χ0v) is 32.6. The molecule has 1 aromatic rings. The van der Waals surface area contributed by atoms with E-state index in [9.17, 15) is 27.2 Å². The Hall–Kier alpha value is -2.12. The SMILES string of the molecule is CCC(C)(C)C(=O)OC1CC2CCC1(C)C2(C)C.CCC(C)(C)C(=O)OCC(F)(F)C(F)F.CCC(C)(C)c1ccc(C(C)(C)C)cc1. The fraction of sp³-hybridized carbons (Fsp3) is 0.800. The Balaban J connectivity index is 0.000000363. The molecular formula is C40H66F4O4. The second-order valence-electron chi connectivity index (χ2n) is 17.7. The molecule has 2 fully saturated rings. The zero-order chi connectivity index (χ0) is 37.7. The van der Waals surface area contributed by atoms with E-state index in [4.69, 9.17) is 4.74 Å². The van der Waals surface area contributed by atoms with Crippen LogP contribution in [0.2, 0.25) is 0 Å². The van der Waals surface area contributed by atoms with Gasteiger partial charge in [-0.3, -0.25) is 9.59 Å². The van der Waals surface area contributed by atoms with E-state index < -0.39 is 30.3 Å².